The number of carbonyl (C=O) groups is 1. The van der Waals surface area contributed by atoms with Gasteiger partial charge in [-0.05, 0) is 81.5 Å². The van der Waals surface area contributed by atoms with Crippen LogP contribution in [0, 0.1) is 12.8 Å². The van der Waals surface area contributed by atoms with Gasteiger partial charge in [0.1, 0.15) is 0 Å². The van der Waals surface area contributed by atoms with Crippen LogP contribution in [0.4, 0.5) is 18.9 Å². The van der Waals surface area contributed by atoms with E-state index in [0.717, 1.165) is 59.7 Å². The number of anilines is 1. The molecular weight excluding hydrogens is 475 g/mol. The van der Waals surface area contributed by atoms with Crippen LogP contribution in [-0.2, 0) is 6.18 Å². The quantitative estimate of drug-likeness (QED) is 0.314. The fourth-order valence-corrected chi connectivity index (χ4v) is 4.25. The maximum absolute atomic E-state index is 13.1. The summed E-state index contributed by atoms with van der Waals surface area (Å²) < 4.78 is 39.2. The van der Waals surface area contributed by atoms with Gasteiger partial charge in [0.05, 0.1) is 21.7 Å². The summed E-state index contributed by atoms with van der Waals surface area (Å²) in [5.41, 5.74) is 1.43. The van der Waals surface area contributed by atoms with Gasteiger partial charge in [-0.2, -0.15) is 13.2 Å². The number of pyridine rings is 1. The number of nitrogens with zero attached hydrogens (tertiary/aromatic N) is 1. The summed E-state index contributed by atoms with van der Waals surface area (Å²) in [6.45, 7) is 8.65. The van der Waals surface area contributed by atoms with Crippen molar-refractivity contribution in [2.75, 3.05) is 11.9 Å². The SMILES string of the molecule is CCC(CCC(C)(C)NC(=O)c1cc(C(F)(F)F)ccc1Cl)CNc1ccc(C)c2ncccc12. The van der Waals surface area contributed by atoms with Crippen LogP contribution in [0.15, 0.2) is 48.7 Å². The lowest BCUT2D eigenvalue weighted by Crippen LogP contribution is -2.44. The Bertz CT molecular complexity index is 1190. The van der Waals surface area contributed by atoms with Crippen molar-refractivity contribution in [2.45, 2.75) is 58.7 Å². The number of aryl methyl sites for hydroxylation is 1. The van der Waals surface area contributed by atoms with Crippen molar-refractivity contribution in [3.05, 3.63) is 70.4 Å². The van der Waals surface area contributed by atoms with Crippen LogP contribution in [0.25, 0.3) is 10.9 Å². The Balaban J connectivity index is 1.62. The third-order valence-corrected chi connectivity index (χ3v) is 6.63. The minimum absolute atomic E-state index is 0.0123. The molecule has 0 saturated heterocycles. The average Bonchev–Trinajstić information content (AvgIpc) is 2.79. The van der Waals surface area contributed by atoms with Gasteiger partial charge >= 0.3 is 6.18 Å². The van der Waals surface area contributed by atoms with Crippen molar-refractivity contribution in [2.24, 2.45) is 5.92 Å². The Labute approximate surface area is 209 Å². The Morgan fingerprint density at radius 3 is 2.57 bits per heavy atom. The summed E-state index contributed by atoms with van der Waals surface area (Å²) in [7, 11) is 0. The highest BCUT2D eigenvalue weighted by atomic mass is 35.5. The summed E-state index contributed by atoms with van der Waals surface area (Å²) in [5, 5.41) is 7.47. The Morgan fingerprint density at radius 1 is 1.14 bits per heavy atom. The highest BCUT2D eigenvalue weighted by Crippen LogP contribution is 2.32. The number of carbonyl (C=O) groups excluding carboxylic acids is 1. The van der Waals surface area contributed by atoms with Gasteiger partial charge in [-0.15, -0.1) is 0 Å². The summed E-state index contributed by atoms with van der Waals surface area (Å²) in [5.74, 6) is -0.271. The minimum atomic E-state index is -4.55. The second kappa shape index (κ2) is 10.9. The van der Waals surface area contributed by atoms with Crippen LogP contribution >= 0.6 is 11.6 Å². The van der Waals surface area contributed by atoms with Crippen molar-refractivity contribution >= 4 is 34.1 Å². The Kier molecular flexibility index (Phi) is 8.31. The van der Waals surface area contributed by atoms with E-state index in [1.165, 1.54) is 0 Å². The minimum Gasteiger partial charge on any atom is -0.384 e. The van der Waals surface area contributed by atoms with E-state index in [4.69, 9.17) is 11.6 Å². The molecule has 3 rings (SSSR count). The van der Waals surface area contributed by atoms with Crippen LogP contribution in [-0.4, -0.2) is 23.0 Å². The molecule has 0 aliphatic carbocycles. The lowest BCUT2D eigenvalue weighted by Gasteiger charge is -2.29. The number of hydrogen-bond donors (Lipinski definition) is 2. The van der Waals surface area contributed by atoms with Crippen LogP contribution < -0.4 is 10.6 Å². The second-order valence-corrected chi connectivity index (χ2v) is 9.96. The number of nitrogens with one attached hydrogen (secondary N) is 2. The van der Waals surface area contributed by atoms with E-state index in [2.05, 4.69) is 40.7 Å². The molecule has 0 fully saturated rings. The van der Waals surface area contributed by atoms with Gasteiger partial charge in [0.25, 0.3) is 5.91 Å². The zero-order valence-electron chi connectivity index (χ0n) is 20.4. The van der Waals surface area contributed by atoms with E-state index in [1.807, 2.05) is 26.8 Å². The maximum Gasteiger partial charge on any atom is 0.416 e. The van der Waals surface area contributed by atoms with Gasteiger partial charge in [0.2, 0.25) is 0 Å². The van der Waals surface area contributed by atoms with Crippen LogP contribution in [0.1, 0.15) is 61.5 Å². The Morgan fingerprint density at radius 2 is 1.89 bits per heavy atom. The molecule has 35 heavy (non-hydrogen) atoms. The Hall–Kier alpha value is -2.80. The molecule has 3 aromatic rings. The standard InChI is InChI=1S/C27H31ClF3N3O/c1-5-18(16-33-23-11-8-17(2)24-20(23)7-6-14-32-24)12-13-26(3,4)34-25(35)21-15-19(27(29,30)31)9-10-22(21)28/h6-11,14-15,18,33H,5,12-13,16H2,1-4H3,(H,34,35). The van der Waals surface area contributed by atoms with E-state index >= 15 is 0 Å². The second-order valence-electron chi connectivity index (χ2n) is 9.55. The van der Waals surface area contributed by atoms with E-state index in [0.29, 0.717) is 12.3 Å². The summed E-state index contributed by atoms with van der Waals surface area (Å²) in [6.07, 6.45) is -0.328. The number of alkyl halides is 3. The maximum atomic E-state index is 13.1. The predicted octanol–water partition coefficient (Wildman–Crippen LogP) is 7.64. The normalized spacial score (nSPS) is 13.0. The molecule has 1 amide bonds. The zero-order chi connectivity index (χ0) is 25.8. The molecule has 0 radical (unpaired) electrons. The topological polar surface area (TPSA) is 54.0 Å². The summed E-state index contributed by atoms with van der Waals surface area (Å²) >= 11 is 6.03. The fourth-order valence-electron chi connectivity index (χ4n) is 4.05. The first-order chi connectivity index (χ1) is 16.4. The van der Waals surface area contributed by atoms with Gasteiger partial charge in [0.15, 0.2) is 0 Å². The molecule has 188 valence electrons. The van der Waals surface area contributed by atoms with Crippen LogP contribution in [0.5, 0.6) is 0 Å². The molecule has 0 bridgehead atoms. The first-order valence-corrected chi connectivity index (χ1v) is 12.1. The van der Waals surface area contributed by atoms with Gasteiger partial charge in [-0.3, -0.25) is 9.78 Å². The molecule has 1 aromatic heterocycles. The molecule has 0 aliphatic rings. The van der Waals surface area contributed by atoms with E-state index in [-0.39, 0.29) is 10.6 Å². The third-order valence-electron chi connectivity index (χ3n) is 6.30. The van der Waals surface area contributed by atoms with E-state index < -0.39 is 23.2 Å². The zero-order valence-corrected chi connectivity index (χ0v) is 21.1. The van der Waals surface area contributed by atoms with Gasteiger partial charge in [0, 0.05) is 29.4 Å². The number of aromatic nitrogens is 1. The largest absolute Gasteiger partial charge is 0.416 e. The van der Waals surface area contributed by atoms with Crippen molar-refractivity contribution in [3.63, 3.8) is 0 Å². The third kappa shape index (κ3) is 6.88. The van der Waals surface area contributed by atoms with Crippen molar-refractivity contribution in [1.82, 2.24) is 10.3 Å². The first-order valence-electron chi connectivity index (χ1n) is 11.7. The first kappa shape index (κ1) is 26.8. The van der Waals surface area contributed by atoms with Crippen LogP contribution in [0.2, 0.25) is 5.02 Å². The molecule has 2 aromatic carbocycles. The highest BCUT2D eigenvalue weighted by Gasteiger charge is 2.32. The number of halogens is 4. The number of amides is 1. The number of rotatable bonds is 9. The number of hydrogen-bond acceptors (Lipinski definition) is 3. The average molecular weight is 506 g/mol. The van der Waals surface area contributed by atoms with Gasteiger partial charge < -0.3 is 10.6 Å². The summed E-state index contributed by atoms with van der Waals surface area (Å²) in [6, 6.07) is 10.9. The molecule has 0 spiro atoms. The van der Waals surface area contributed by atoms with Crippen molar-refractivity contribution in [1.29, 1.82) is 0 Å². The van der Waals surface area contributed by atoms with Crippen LogP contribution in [0.3, 0.4) is 0 Å². The van der Waals surface area contributed by atoms with E-state index in [9.17, 15) is 18.0 Å². The monoisotopic (exact) mass is 505 g/mol. The molecule has 1 heterocycles. The molecule has 2 N–H and O–H groups in total. The summed E-state index contributed by atoms with van der Waals surface area (Å²) in [4.78, 5) is 17.2. The molecule has 8 heteroatoms. The lowest BCUT2D eigenvalue weighted by molar-refractivity contribution is -0.137. The predicted molar refractivity (Wildman–Crippen MR) is 136 cm³/mol. The molecule has 1 unspecified atom stereocenters. The molecule has 0 aliphatic heterocycles. The van der Waals surface area contributed by atoms with E-state index in [1.54, 1.807) is 6.20 Å². The number of fused-ring (bicyclic) bond motifs is 1. The molecule has 1 atom stereocenters. The number of benzene rings is 2. The molecule has 4 nitrogen and oxygen atoms in total. The highest BCUT2D eigenvalue weighted by molar-refractivity contribution is 6.33. The van der Waals surface area contributed by atoms with Gasteiger partial charge in [-0.25, -0.2) is 0 Å². The molecular formula is C27H31ClF3N3O. The smallest absolute Gasteiger partial charge is 0.384 e. The fraction of sp³-hybridized carbons (Fsp3) is 0.407. The van der Waals surface area contributed by atoms with Crippen molar-refractivity contribution in [3.8, 4) is 0 Å². The van der Waals surface area contributed by atoms with Crippen molar-refractivity contribution < 1.29 is 18.0 Å². The van der Waals surface area contributed by atoms with Gasteiger partial charge in [-0.1, -0.05) is 31.0 Å². The molecule has 0 saturated carbocycles. The lowest BCUT2D eigenvalue weighted by atomic mass is 9.90.